The minimum Gasteiger partial charge on any atom is -0.497 e. The lowest BCUT2D eigenvalue weighted by atomic mass is 10.1. The molecule has 1 aliphatic heterocycles. The standard InChI is InChI=1S/C22H26N2O5S/c1-15-7-12-19-20(13-15)29-21(22(25)23-16-5-3-4-6-16)14-24(19)30(26,27)18-10-8-17(28-2)9-11-18/h7-13,16,21H,3-6,14H2,1-2H3,(H,23,25). The number of benzene rings is 2. The molecule has 30 heavy (non-hydrogen) atoms. The third-order valence-corrected chi connectivity index (χ3v) is 7.42. The van der Waals surface area contributed by atoms with E-state index in [1.54, 1.807) is 24.3 Å². The van der Waals surface area contributed by atoms with E-state index in [2.05, 4.69) is 5.32 Å². The Balaban J connectivity index is 1.67. The molecule has 1 fully saturated rings. The van der Waals surface area contributed by atoms with E-state index in [-0.39, 0.29) is 23.4 Å². The number of fused-ring (bicyclic) bond motifs is 1. The molecule has 0 bridgehead atoms. The molecular weight excluding hydrogens is 404 g/mol. The van der Waals surface area contributed by atoms with Gasteiger partial charge in [-0.1, -0.05) is 18.9 Å². The fourth-order valence-corrected chi connectivity index (χ4v) is 5.44. The van der Waals surface area contributed by atoms with E-state index in [1.165, 1.54) is 23.5 Å². The quantitative estimate of drug-likeness (QED) is 0.788. The Morgan fingerprint density at radius 1 is 1.13 bits per heavy atom. The molecule has 160 valence electrons. The second-order valence-corrected chi connectivity index (χ2v) is 9.64. The maximum Gasteiger partial charge on any atom is 0.264 e. The molecule has 8 heteroatoms. The van der Waals surface area contributed by atoms with E-state index in [1.807, 2.05) is 13.0 Å². The number of hydrogen-bond donors (Lipinski definition) is 1. The molecule has 1 heterocycles. The molecule has 0 saturated heterocycles. The van der Waals surface area contributed by atoms with Gasteiger partial charge in [0.05, 0.1) is 24.2 Å². The summed E-state index contributed by atoms with van der Waals surface area (Å²) in [5.74, 6) is 0.690. The highest BCUT2D eigenvalue weighted by molar-refractivity contribution is 7.92. The molecule has 1 atom stereocenters. The van der Waals surface area contributed by atoms with Crippen molar-refractivity contribution in [2.75, 3.05) is 18.0 Å². The molecular formula is C22H26N2O5S. The predicted molar refractivity (Wildman–Crippen MR) is 114 cm³/mol. The summed E-state index contributed by atoms with van der Waals surface area (Å²) in [6.45, 7) is 1.82. The smallest absolute Gasteiger partial charge is 0.264 e. The van der Waals surface area contributed by atoms with Gasteiger partial charge in [-0.25, -0.2) is 8.42 Å². The normalized spacial score (nSPS) is 19.1. The van der Waals surface area contributed by atoms with Crippen LogP contribution in [0.5, 0.6) is 11.5 Å². The summed E-state index contributed by atoms with van der Waals surface area (Å²) >= 11 is 0. The Morgan fingerprint density at radius 3 is 2.50 bits per heavy atom. The van der Waals surface area contributed by atoms with Crippen LogP contribution in [-0.4, -0.2) is 40.1 Å². The zero-order valence-corrected chi connectivity index (χ0v) is 17.9. The highest BCUT2D eigenvalue weighted by Crippen LogP contribution is 2.38. The molecule has 1 N–H and O–H groups in total. The molecule has 0 radical (unpaired) electrons. The topological polar surface area (TPSA) is 84.9 Å². The Morgan fingerprint density at radius 2 is 1.83 bits per heavy atom. The van der Waals surface area contributed by atoms with Crippen molar-refractivity contribution in [3.05, 3.63) is 48.0 Å². The number of rotatable bonds is 5. The lowest BCUT2D eigenvalue weighted by Gasteiger charge is -2.35. The van der Waals surface area contributed by atoms with Gasteiger partial charge in [0.2, 0.25) is 0 Å². The molecule has 2 aromatic carbocycles. The largest absolute Gasteiger partial charge is 0.497 e. The number of anilines is 1. The van der Waals surface area contributed by atoms with Crippen molar-refractivity contribution in [1.82, 2.24) is 5.32 Å². The molecule has 1 aliphatic carbocycles. The van der Waals surface area contributed by atoms with Crippen LogP contribution in [0.3, 0.4) is 0 Å². The first kappa shape index (κ1) is 20.5. The van der Waals surface area contributed by atoms with Crippen LogP contribution in [0, 0.1) is 6.92 Å². The Hall–Kier alpha value is -2.74. The Kier molecular flexibility index (Phi) is 5.60. The number of aryl methyl sites for hydroxylation is 1. The van der Waals surface area contributed by atoms with Crippen LogP contribution in [0.2, 0.25) is 0 Å². The molecule has 1 saturated carbocycles. The van der Waals surface area contributed by atoms with Crippen LogP contribution in [-0.2, 0) is 14.8 Å². The fourth-order valence-electron chi connectivity index (χ4n) is 3.96. The summed E-state index contributed by atoms with van der Waals surface area (Å²) in [6, 6.07) is 11.7. The van der Waals surface area contributed by atoms with Crippen molar-refractivity contribution in [3.8, 4) is 11.5 Å². The molecule has 2 aromatic rings. The summed E-state index contributed by atoms with van der Waals surface area (Å²) in [5, 5.41) is 3.02. The number of nitrogens with one attached hydrogen (secondary N) is 1. The number of carbonyl (C=O) groups is 1. The number of carbonyl (C=O) groups excluding carboxylic acids is 1. The summed E-state index contributed by atoms with van der Waals surface area (Å²) in [7, 11) is -2.36. The van der Waals surface area contributed by atoms with E-state index < -0.39 is 16.1 Å². The number of amides is 1. The van der Waals surface area contributed by atoms with Gasteiger partial charge in [0, 0.05) is 6.04 Å². The van der Waals surface area contributed by atoms with E-state index in [4.69, 9.17) is 9.47 Å². The predicted octanol–water partition coefficient (Wildman–Crippen LogP) is 3.02. The molecule has 4 rings (SSSR count). The third-order valence-electron chi connectivity index (χ3n) is 5.63. The summed E-state index contributed by atoms with van der Waals surface area (Å²) in [6.07, 6.45) is 3.17. The summed E-state index contributed by atoms with van der Waals surface area (Å²) in [5.41, 5.74) is 1.36. The van der Waals surface area contributed by atoms with E-state index in [0.717, 1.165) is 31.2 Å². The van der Waals surface area contributed by atoms with Gasteiger partial charge in [0.1, 0.15) is 11.5 Å². The van der Waals surface area contributed by atoms with E-state index >= 15 is 0 Å². The zero-order chi connectivity index (χ0) is 21.3. The molecule has 2 aliphatic rings. The average molecular weight is 431 g/mol. The van der Waals surface area contributed by atoms with Gasteiger partial charge in [0.25, 0.3) is 15.9 Å². The minimum absolute atomic E-state index is 0.0804. The summed E-state index contributed by atoms with van der Waals surface area (Å²) in [4.78, 5) is 13.0. The van der Waals surface area contributed by atoms with Crippen molar-refractivity contribution in [1.29, 1.82) is 0 Å². The summed E-state index contributed by atoms with van der Waals surface area (Å²) < 4.78 is 39.2. The van der Waals surface area contributed by atoms with E-state index in [9.17, 15) is 13.2 Å². The van der Waals surface area contributed by atoms with Crippen LogP contribution in [0.1, 0.15) is 31.2 Å². The van der Waals surface area contributed by atoms with Gasteiger partial charge in [-0.15, -0.1) is 0 Å². The Bertz CT molecular complexity index is 1030. The van der Waals surface area contributed by atoms with Crippen molar-refractivity contribution < 1.29 is 22.7 Å². The van der Waals surface area contributed by atoms with Gasteiger partial charge in [0.15, 0.2) is 6.10 Å². The van der Waals surface area contributed by atoms with Crippen molar-refractivity contribution in [3.63, 3.8) is 0 Å². The second kappa shape index (κ2) is 8.18. The molecule has 7 nitrogen and oxygen atoms in total. The number of ether oxygens (including phenoxy) is 2. The lowest BCUT2D eigenvalue weighted by Crippen LogP contribution is -2.52. The SMILES string of the molecule is COc1ccc(S(=O)(=O)N2CC(C(=O)NC3CCCC3)Oc3cc(C)ccc32)cc1. The number of sulfonamides is 1. The van der Waals surface area contributed by atoms with Crippen LogP contribution in [0.25, 0.3) is 0 Å². The lowest BCUT2D eigenvalue weighted by molar-refractivity contribution is -0.128. The highest BCUT2D eigenvalue weighted by atomic mass is 32.2. The molecule has 0 spiro atoms. The molecule has 1 unspecified atom stereocenters. The van der Waals surface area contributed by atoms with Crippen LogP contribution in [0.4, 0.5) is 5.69 Å². The molecule has 1 amide bonds. The third kappa shape index (κ3) is 3.96. The monoisotopic (exact) mass is 430 g/mol. The first-order valence-corrected chi connectivity index (χ1v) is 11.6. The maximum absolute atomic E-state index is 13.4. The Labute approximate surface area is 177 Å². The molecule has 0 aromatic heterocycles. The number of hydrogen-bond acceptors (Lipinski definition) is 5. The minimum atomic E-state index is -3.89. The van der Waals surface area contributed by atoms with Gasteiger partial charge in [-0.2, -0.15) is 0 Å². The van der Waals surface area contributed by atoms with Gasteiger partial charge in [-0.3, -0.25) is 9.10 Å². The van der Waals surface area contributed by atoms with Crippen molar-refractivity contribution >= 4 is 21.6 Å². The van der Waals surface area contributed by atoms with Crippen LogP contribution >= 0.6 is 0 Å². The van der Waals surface area contributed by atoms with Gasteiger partial charge < -0.3 is 14.8 Å². The highest BCUT2D eigenvalue weighted by Gasteiger charge is 2.38. The van der Waals surface area contributed by atoms with Gasteiger partial charge >= 0.3 is 0 Å². The van der Waals surface area contributed by atoms with E-state index in [0.29, 0.717) is 17.2 Å². The van der Waals surface area contributed by atoms with Crippen molar-refractivity contribution in [2.24, 2.45) is 0 Å². The first-order valence-electron chi connectivity index (χ1n) is 10.1. The van der Waals surface area contributed by atoms with Crippen LogP contribution in [0.15, 0.2) is 47.4 Å². The fraction of sp³-hybridized carbons (Fsp3) is 0.409. The first-order chi connectivity index (χ1) is 14.4. The average Bonchev–Trinajstić information content (AvgIpc) is 3.25. The maximum atomic E-state index is 13.4. The van der Waals surface area contributed by atoms with Crippen LogP contribution < -0.4 is 19.1 Å². The second-order valence-electron chi connectivity index (χ2n) is 7.78. The van der Waals surface area contributed by atoms with Gasteiger partial charge in [-0.05, 0) is 61.7 Å². The number of nitrogens with zero attached hydrogens (tertiary/aromatic N) is 1. The zero-order valence-electron chi connectivity index (χ0n) is 17.1. The van der Waals surface area contributed by atoms with Crippen molar-refractivity contribution in [2.45, 2.75) is 49.6 Å². The number of methoxy groups -OCH3 is 1.